The van der Waals surface area contributed by atoms with Crippen molar-refractivity contribution in [2.24, 2.45) is 0 Å². The second-order valence-electron chi connectivity index (χ2n) is 19.1. The Morgan fingerprint density at radius 3 is 1.03 bits per heavy atom. The third kappa shape index (κ3) is 39.7. The van der Waals surface area contributed by atoms with Gasteiger partial charge in [0.15, 0.2) is 0 Å². The Kier molecular flexibility index (Phi) is 21.2. The lowest BCUT2D eigenvalue weighted by molar-refractivity contribution is 0.0218. The highest BCUT2D eigenvalue weighted by atomic mass is 16.6. The van der Waals surface area contributed by atoms with E-state index in [9.17, 15) is 47.9 Å². The van der Waals surface area contributed by atoms with Crippen LogP contribution in [-0.2, 0) is 14.2 Å². The van der Waals surface area contributed by atoms with Crippen LogP contribution in [0.2, 0.25) is 0 Å². The Balaban J connectivity index is 0.000000693. The van der Waals surface area contributed by atoms with Gasteiger partial charge in [0.2, 0.25) is 40.3 Å². The minimum atomic E-state index is -3.16. The van der Waals surface area contributed by atoms with Crippen LogP contribution >= 0.6 is 0 Å². The van der Waals surface area contributed by atoms with Crippen LogP contribution in [0.3, 0.4) is 0 Å². The van der Waals surface area contributed by atoms with Crippen LogP contribution in [0.4, 0.5) is 14.4 Å². The van der Waals surface area contributed by atoms with Crippen molar-refractivity contribution in [2.45, 2.75) is 79.1 Å². The maximum Gasteiger partial charge on any atom is 0.410 e. The van der Waals surface area contributed by atoms with Crippen molar-refractivity contribution in [3.63, 3.8) is 0 Å². The highest BCUT2D eigenvalue weighted by Crippen LogP contribution is 2.13. The van der Waals surface area contributed by atoms with Crippen molar-refractivity contribution >= 4 is 60.1 Å². The zero-order valence-corrected chi connectivity index (χ0v) is 51.2. The topological polar surface area (TPSA) is 478 Å². The summed E-state index contributed by atoms with van der Waals surface area (Å²) in [6.07, 6.45) is -1.44. The summed E-state index contributed by atoms with van der Waals surface area (Å²) in [6.45, 7) is -6.71. The summed E-state index contributed by atoms with van der Waals surface area (Å²) in [6, 6.07) is 4.83. The molecular formula is C62H82N6O27. The summed E-state index contributed by atoms with van der Waals surface area (Å²) in [7, 11) is 0. The lowest BCUT2D eigenvalue weighted by Gasteiger charge is -2.30. The number of carboxylic acid groups (broad SMARTS) is 7. The van der Waals surface area contributed by atoms with Crippen LogP contribution in [0.15, 0.2) is 159 Å². The van der Waals surface area contributed by atoms with E-state index in [2.05, 4.69) is 41.6 Å². The largest absolute Gasteiger partial charge is 0.475 e. The van der Waals surface area contributed by atoms with E-state index in [1.54, 1.807) is 46.9 Å². The van der Waals surface area contributed by atoms with Crippen molar-refractivity contribution in [3.8, 4) is 0 Å². The Labute approximate surface area is 584 Å². The zero-order valence-electron chi connectivity index (χ0n) is 79.2. The van der Waals surface area contributed by atoms with Gasteiger partial charge in [0.25, 0.3) is 0 Å². The SMILES string of the molecule is [2H]C1([2H])CN(C(=O)OC(C)(C)C)CC([2H])([2H])N1.[2H]C1([2H])CNCC([2H])([2H])N1C(=O)OC(C)(C)C.[2H]C1([2H])NC([2H])([2H])C([2H])([2H])N(C(=O)OC(C)(C)C)C1([2H])[2H].[2H]c1cc(C(=O)O)oc1[2H].[2H]c1cc([2H])c(C(=O)O)o1.[2H]c1ccc(C(=O)O)o1.[2H]c1ccoc1C(=O)O.[2H]c1coc(C(=O)O)c1.[2H]c1coc(C(=O)O)c1[2H].[2H]c1oc(C(=O)O)c([2H])c1[2H]. The van der Waals surface area contributed by atoms with Gasteiger partial charge in [-0.3, -0.25) is 0 Å². The van der Waals surface area contributed by atoms with E-state index in [-0.39, 0.29) is 103 Å². The van der Waals surface area contributed by atoms with Gasteiger partial charge in [0.1, 0.15) is 22.3 Å². The van der Waals surface area contributed by atoms with Crippen molar-refractivity contribution < 1.29 is 167 Å². The van der Waals surface area contributed by atoms with Crippen LogP contribution < -0.4 is 16.0 Å². The number of nitrogens with zero attached hydrogens (tertiary/aromatic N) is 3. The fraction of sp³-hybridized carbons (Fsp3) is 0.387. The second kappa shape index (κ2) is 43.7. The van der Waals surface area contributed by atoms with E-state index in [0.717, 1.165) is 35.6 Å². The van der Waals surface area contributed by atoms with Crippen molar-refractivity contribution in [2.75, 3.05) is 78.2 Å². The average Bonchev–Trinajstić information content (AvgIpc) is 1.40. The number of nitrogens with one attached hydrogen (secondary N) is 3. The minimum Gasteiger partial charge on any atom is -0.475 e. The first kappa shape index (κ1) is 46.1. The van der Waals surface area contributed by atoms with Gasteiger partial charge in [-0.15, -0.1) is 0 Å². The summed E-state index contributed by atoms with van der Waals surface area (Å²) < 4.78 is 250. The lowest BCUT2D eigenvalue weighted by atomic mass is 10.2. The lowest BCUT2D eigenvalue weighted by Crippen LogP contribution is -2.48. The molecule has 10 heterocycles. The normalized spacial score (nSPS) is 21.4. The van der Waals surface area contributed by atoms with Gasteiger partial charge in [0.05, 0.1) is 65.7 Å². The molecule has 0 aromatic carbocycles. The Morgan fingerprint density at radius 1 is 0.379 bits per heavy atom. The van der Waals surface area contributed by atoms with Crippen LogP contribution in [0.1, 0.15) is 175 Å². The molecule has 0 saturated carbocycles. The fourth-order valence-electron chi connectivity index (χ4n) is 4.59. The van der Waals surface area contributed by atoms with E-state index >= 15 is 0 Å². The average molecular weight is 1370 g/mol. The number of hydrogen-bond acceptors (Lipinski definition) is 23. The maximum absolute atomic E-state index is 12.1. The predicted molar refractivity (Wildman–Crippen MR) is 332 cm³/mol. The molecule has 3 saturated heterocycles. The number of carboxylic acids is 7. The molecule has 0 atom stereocenters. The number of piperazine rings is 3. The van der Waals surface area contributed by atoms with E-state index in [4.69, 9.17) is 88.3 Å². The number of carbonyl (C=O) groups excluding carboxylic acids is 3. The first-order chi connectivity index (χ1) is 55.3. The first-order valence-electron chi connectivity index (χ1n) is 39.7. The molecule has 33 heteroatoms. The number of rotatable bonds is 7. The molecule has 7 aromatic heterocycles. The summed E-state index contributed by atoms with van der Waals surface area (Å²) in [4.78, 5) is 108. The molecule has 0 bridgehead atoms. The molecule has 3 amide bonds. The Hall–Kier alpha value is -11.1. The van der Waals surface area contributed by atoms with E-state index in [1.807, 2.05) is 0 Å². The third-order valence-corrected chi connectivity index (χ3v) is 8.17. The number of carbonyl (C=O) groups is 10. The molecule has 0 unspecified atom stereocenters. The molecule has 0 aliphatic carbocycles. The number of furan rings is 7. The first-order valence-corrected chi connectivity index (χ1v) is 25.7. The van der Waals surface area contributed by atoms with Gasteiger partial charge < -0.3 is 112 Å². The smallest absolute Gasteiger partial charge is 0.410 e. The molecule has 522 valence electrons. The number of ether oxygens (including phenoxy) is 3. The zero-order chi connectivity index (χ0) is 96.4. The van der Waals surface area contributed by atoms with E-state index in [1.165, 1.54) is 45.2 Å². The van der Waals surface area contributed by atoms with Gasteiger partial charge >= 0.3 is 60.1 Å². The van der Waals surface area contributed by atoms with Gasteiger partial charge in [-0.1, -0.05) is 0 Å². The van der Waals surface area contributed by atoms with E-state index in [0.29, 0.717) is 4.90 Å². The maximum atomic E-state index is 12.1. The van der Waals surface area contributed by atoms with Crippen LogP contribution in [-0.4, -0.2) is 205 Å². The second-order valence-corrected chi connectivity index (χ2v) is 19.1. The van der Waals surface area contributed by atoms with Crippen molar-refractivity contribution in [3.05, 3.63) is 169 Å². The van der Waals surface area contributed by atoms with Crippen molar-refractivity contribution in [1.29, 1.82) is 0 Å². The molecular weight excluding hydrogens is 1260 g/mol. The quantitative estimate of drug-likeness (QED) is 0.0664. The Morgan fingerprint density at radius 2 is 0.726 bits per heavy atom. The molecule has 0 spiro atoms. The fourth-order valence-corrected chi connectivity index (χ4v) is 4.59. The number of aromatic carboxylic acids is 7. The van der Waals surface area contributed by atoms with Gasteiger partial charge in [-0.05, 0) is 147 Å². The molecule has 10 N–H and O–H groups in total. The number of hydrogen-bond donors (Lipinski definition) is 10. The molecule has 3 aliphatic rings. The molecule has 7 aromatic rings. The summed E-state index contributed by atoms with van der Waals surface area (Å²) in [5, 5.41) is 64.3. The molecule has 3 fully saturated rings. The summed E-state index contributed by atoms with van der Waals surface area (Å²) in [5.41, 5.74) is -2.54. The minimum absolute atomic E-state index is 0.0763. The van der Waals surface area contributed by atoms with E-state index < -0.39 is 171 Å². The van der Waals surface area contributed by atoms with Crippen molar-refractivity contribution in [1.82, 2.24) is 30.7 Å². The highest BCUT2D eigenvalue weighted by molar-refractivity contribution is 5.86. The van der Waals surface area contributed by atoms with Gasteiger partial charge in [-0.25, -0.2) is 47.9 Å². The van der Waals surface area contributed by atoms with Crippen LogP contribution in [0.25, 0.3) is 0 Å². The number of amides is 3. The molecule has 0 radical (unpaired) electrons. The van der Waals surface area contributed by atoms with Crippen LogP contribution in [0, 0.1) is 0 Å². The monoisotopic (exact) mass is 1370 g/mol. The van der Waals surface area contributed by atoms with Gasteiger partial charge in [0, 0.05) is 89.1 Å². The predicted octanol–water partition coefficient (Wildman–Crippen LogP) is 9.32. The standard InChI is InChI=1S/3C9H18N2O2.7C5H4O3/c3*1-9(2,3)13-8(12)11-6-4-10-5-7-11;7*6-5(7)4-2-1-3-8-4/h3*10H,4-7H2,1-3H3;7*1-3H,(H,6,7)/i4D2,5D2,6D2,7D2;6D2,7D2;4D2,5D2;1D,2D,3D;2D,3D;1D,3D;1D,2D;3D;2D;1D. The summed E-state index contributed by atoms with van der Waals surface area (Å²) in [5.74, 6) is -11.5. The molecule has 10 rings (SSSR count). The molecule has 33 nitrogen and oxygen atoms in total. The summed E-state index contributed by atoms with van der Waals surface area (Å²) >= 11 is 0. The van der Waals surface area contributed by atoms with Gasteiger partial charge in [-0.2, -0.15) is 0 Å². The van der Waals surface area contributed by atoms with Crippen LogP contribution in [0.5, 0.6) is 0 Å². The Bertz CT molecular complexity index is 4680. The molecule has 95 heavy (non-hydrogen) atoms. The third-order valence-electron chi connectivity index (χ3n) is 8.17. The molecule has 3 aliphatic heterocycles. The highest BCUT2D eigenvalue weighted by Gasteiger charge is 2.25.